The monoisotopic (exact) mass is 292 g/mol. The van der Waals surface area contributed by atoms with E-state index >= 15 is 0 Å². The summed E-state index contributed by atoms with van der Waals surface area (Å²) in [4.78, 5) is 4.09. The van der Waals surface area contributed by atoms with E-state index in [-0.39, 0.29) is 5.82 Å². The fraction of sp³-hybridized carbons (Fsp3) is 0.125. The summed E-state index contributed by atoms with van der Waals surface area (Å²) < 4.78 is 0.772. The number of anilines is 1. The van der Waals surface area contributed by atoms with Gasteiger partial charge in [0.2, 0.25) is 0 Å². The molecule has 0 aromatic carbocycles. The Balaban J connectivity index is 2.31. The summed E-state index contributed by atoms with van der Waals surface area (Å²) in [6.45, 7) is 1.88. The highest BCUT2D eigenvalue weighted by Gasteiger charge is 2.11. The Morgan fingerprint density at radius 3 is 2.69 bits per heavy atom. The SMILES string of the molecule is Cc1nnc(Sc2nc(N)c(Cl)cc2Cl)s1. The zero-order valence-corrected chi connectivity index (χ0v) is 11.2. The van der Waals surface area contributed by atoms with Gasteiger partial charge in [0.15, 0.2) is 4.34 Å². The van der Waals surface area contributed by atoms with Crippen molar-refractivity contribution >= 4 is 52.1 Å². The minimum absolute atomic E-state index is 0.259. The molecule has 0 saturated carbocycles. The first-order chi connectivity index (χ1) is 7.56. The van der Waals surface area contributed by atoms with E-state index in [4.69, 9.17) is 28.9 Å². The van der Waals surface area contributed by atoms with E-state index in [9.17, 15) is 0 Å². The third-order valence-corrected chi connectivity index (χ3v) is 4.21. The van der Waals surface area contributed by atoms with Crippen LogP contribution >= 0.6 is 46.3 Å². The van der Waals surface area contributed by atoms with Gasteiger partial charge in [0.25, 0.3) is 0 Å². The standard InChI is InChI=1S/C8H6Cl2N4S2/c1-3-13-14-8(15-3)16-7-5(10)2-4(9)6(11)12-7/h2H,1H3,(H2,11,12). The number of aromatic nitrogens is 3. The van der Waals surface area contributed by atoms with Crippen LogP contribution in [0.1, 0.15) is 5.01 Å². The van der Waals surface area contributed by atoms with Crippen LogP contribution < -0.4 is 5.73 Å². The molecule has 4 nitrogen and oxygen atoms in total. The van der Waals surface area contributed by atoms with Crippen molar-refractivity contribution in [2.75, 3.05) is 5.73 Å². The molecule has 0 amide bonds. The highest BCUT2D eigenvalue weighted by Crippen LogP contribution is 2.35. The molecule has 0 aliphatic carbocycles. The molecule has 84 valence electrons. The number of nitrogens with zero attached hydrogens (tertiary/aromatic N) is 3. The normalized spacial score (nSPS) is 10.7. The first kappa shape index (κ1) is 11.9. The van der Waals surface area contributed by atoms with E-state index in [1.165, 1.54) is 23.1 Å². The quantitative estimate of drug-likeness (QED) is 0.920. The average Bonchev–Trinajstić information content (AvgIpc) is 2.60. The van der Waals surface area contributed by atoms with Crippen LogP contribution in [0.2, 0.25) is 10.0 Å². The molecular weight excluding hydrogens is 287 g/mol. The summed E-state index contributed by atoms with van der Waals surface area (Å²) in [6.07, 6.45) is 0. The summed E-state index contributed by atoms with van der Waals surface area (Å²) in [5.41, 5.74) is 5.60. The Bertz CT molecular complexity index is 529. The lowest BCUT2D eigenvalue weighted by molar-refractivity contribution is 0.981. The summed E-state index contributed by atoms with van der Waals surface area (Å²) in [5.74, 6) is 0.259. The Kier molecular flexibility index (Phi) is 3.53. The maximum Gasteiger partial charge on any atom is 0.180 e. The number of pyridine rings is 1. The molecule has 0 fully saturated rings. The molecular formula is C8H6Cl2N4S2. The van der Waals surface area contributed by atoms with Gasteiger partial charge in [0.1, 0.15) is 15.9 Å². The van der Waals surface area contributed by atoms with Gasteiger partial charge in [-0.3, -0.25) is 0 Å². The maximum atomic E-state index is 5.99. The number of rotatable bonds is 2. The van der Waals surface area contributed by atoms with Gasteiger partial charge in [-0.15, -0.1) is 10.2 Å². The second-order valence-corrected chi connectivity index (χ2v) is 6.06. The molecule has 0 bridgehead atoms. The van der Waals surface area contributed by atoms with Crippen LogP contribution in [0.4, 0.5) is 5.82 Å². The van der Waals surface area contributed by atoms with E-state index in [1.807, 2.05) is 6.92 Å². The molecule has 0 atom stereocenters. The molecule has 0 spiro atoms. The first-order valence-electron chi connectivity index (χ1n) is 4.15. The van der Waals surface area contributed by atoms with Gasteiger partial charge >= 0.3 is 0 Å². The molecule has 0 radical (unpaired) electrons. The van der Waals surface area contributed by atoms with Gasteiger partial charge in [-0.25, -0.2) is 4.98 Å². The van der Waals surface area contributed by atoms with Gasteiger partial charge in [-0.1, -0.05) is 34.5 Å². The van der Waals surface area contributed by atoms with Crippen molar-refractivity contribution in [3.8, 4) is 0 Å². The van der Waals surface area contributed by atoms with E-state index in [1.54, 1.807) is 6.07 Å². The van der Waals surface area contributed by atoms with E-state index in [0.717, 1.165) is 9.35 Å². The van der Waals surface area contributed by atoms with Crippen molar-refractivity contribution in [2.45, 2.75) is 16.3 Å². The van der Waals surface area contributed by atoms with Gasteiger partial charge in [-0.2, -0.15) is 0 Å². The smallest absolute Gasteiger partial charge is 0.180 e. The number of halogens is 2. The van der Waals surface area contributed by atoms with Crippen molar-refractivity contribution in [1.29, 1.82) is 0 Å². The first-order valence-corrected chi connectivity index (χ1v) is 6.54. The molecule has 2 N–H and O–H groups in total. The Labute approximate surface area is 110 Å². The van der Waals surface area contributed by atoms with Crippen LogP contribution in [0, 0.1) is 6.92 Å². The van der Waals surface area contributed by atoms with Crippen LogP contribution in [0.5, 0.6) is 0 Å². The van der Waals surface area contributed by atoms with Gasteiger partial charge in [0.05, 0.1) is 10.0 Å². The van der Waals surface area contributed by atoms with Crippen molar-refractivity contribution in [1.82, 2.24) is 15.2 Å². The molecule has 0 saturated heterocycles. The number of nitrogens with two attached hydrogens (primary N) is 1. The summed E-state index contributed by atoms with van der Waals surface area (Å²) >= 11 is 14.6. The fourth-order valence-corrected chi connectivity index (χ4v) is 3.14. The average molecular weight is 293 g/mol. The highest BCUT2D eigenvalue weighted by molar-refractivity contribution is 8.01. The third-order valence-electron chi connectivity index (χ3n) is 1.62. The molecule has 2 rings (SSSR count). The van der Waals surface area contributed by atoms with Crippen molar-refractivity contribution in [3.63, 3.8) is 0 Å². The second kappa shape index (κ2) is 4.75. The zero-order chi connectivity index (χ0) is 11.7. The van der Waals surface area contributed by atoms with Crippen LogP contribution in [0.3, 0.4) is 0 Å². The Hall–Kier alpha value is -0.560. The highest BCUT2D eigenvalue weighted by atomic mass is 35.5. The van der Waals surface area contributed by atoms with Gasteiger partial charge < -0.3 is 5.73 Å². The number of nitrogen functional groups attached to an aromatic ring is 1. The molecule has 0 aliphatic heterocycles. The summed E-state index contributed by atoms with van der Waals surface area (Å²) in [5, 5.41) is 10.1. The van der Waals surface area contributed by atoms with Crippen molar-refractivity contribution < 1.29 is 0 Å². The molecule has 8 heteroatoms. The number of aryl methyl sites for hydroxylation is 1. The van der Waals surface area contributed by atoms with E-state index in [0.29, 0.717) is 15.1 Å². The third kappa shape index (κ3) is 2.57. The van der Waals surface area contributed by atoms with Crippen LogP contribution in [-0.2, 0) is 0 Å². The molecule has 16 heavy (non-hydrogen) atoms. The van der Waals surface area contributed by atoms with Crippen molar-refractivity contribution in [2.24, 2.45) is 0 Å². The molecule has 0 unspecified atom stereocenters. The van der Waals surface area contributed by atoms with Crippen molar-refractivity contribution in [3.05, 3.63) is 21.1 Å². The minimum atomic E-state index is 0.259. The molecule has 2 aromatic heterocycles. The lowest BCUT2D eigenvalue weighted by atomic mass is 10.5. The largest absolute Gasteiger partial charge is 0.382 e. The summed E-state index contributed by atoms with van der Waals surface area (Å²) in [6, 6.07) is 1.57. The van der Waals surface area contributed by atoms with Gasteiger partial charge in [-0.05, 0) is 24.8 Å². The van der Waals surface area contributed by atoms with Crippen LogP contribution in [0.25, 0.3) is 0 Å². The predicted octanol–water partition coefficient (Wildman–Crippen LogP) is 3.28. The van der Waals surface area contributed by atoms with Gasteiger partial charge in [0, 0.05) is 0 Å². The van der Waals surface area contributed by atoms with Crippen LogP contribution in [0.15, 0.2) is 15.4 Å². The Morgan fingerprint density at radius 1 is 1.31 bits per heavy atom. The molecule has 2 heterocycles. The zero-order valence-electron chi connectivity index (χ0n) is 8.07. The number of hydrogen-bond acceptors (Lipinski definition) is 6. The predicted molar refractivity (Wildman–Crippen MR) is 67.4 cm³/mol. The molecule has 2 aromatic rings. The maximum absolute atomic E-state index is 5.99. The van der Waals surface area contributed by atoms with Crippen LogP contribution in [-0.4, -0.2) is 15.2 Å². The topological polar surface area (TPSA) is 64.7 Å². The number of hydrogen-bond donors (Lipinski definition) is 1. The van der Waals surface area contributed by atoms with E-state index in [2.05, 4.69) is 15.2 Å². The second-order valence-electron chi connectivity index (χ2n) is 2.83. The lowest BCUT2D eigenvalue weighted by Crippen LogP contribution is -1.93. The molecule has 0 aliphatic rings. The van der Waals surface area contributed by atoms with E-state index < -0.39 is 0 Å². The lowest BCUT2D eigenvalue weighted by Gasteiger charge is -2.03. The minimum Gasteiger partial charge on any atom is -0.382 e. The fourth-order valence-electron chi connectivity index (χ4n) is 0.937. The summed E-state index contributed by atoms with van der Waals surface area (Å²) in [7, 11) is 0. The Morgan fingerprint density at radius 2 is 2.06 bits per heavy atom.